The van der Waals surface area contributed by atoms with Crippen LogP contribution in [0.5, 0.6) is 0 Å². The van der Waals surface area contributed by atoms with E-state index < -0.39 is 21.5 Å². The van der Waals surface area contributed by atoms with E-state index in [1.54, 1.807) is 0 Å². The largest absolute Gasteiger partial charge is 0.460 e. The van der Waals surface area contributed by atoms with Gasteiger partial charge in [0.25, 0.3) is 0 Å². The lowest BCUT2D eigenvalue weighted by molar-refractivity contribution is -0.936. The van der Waals surface area contributed by atoms with E-state index >= 15 is 0 Å². The topological polar surface area (TPSA) is 89.9 Å². The fourth-order valence-corrected chi connectivity index (χ4v) is 3.80. The zero-order valence-electron chi connectivity index (χ0n) is 14.6. The Hall–Kier alpha value is -0.960. The summed E-state index contributed by atoms with van der Waals surface area (Å²) in [6.07, 6.45) is 0.796. The normalized spacial score (nSPS) is 13.6. The van der Waals surface area contributed by atoms with Crippen LogP contribution in [0, 0.1) is 0 Å². The average molecular weight is 352 g/mol. The molecule has 1 atom stereocenters. The molecule has 0 fully saturated rings. The van der Waals surface area contributed by atoms with Crippen LogP contribution in [-0.2, 0) is 24.4 Å². The van der Waals surface area contributed by atoms with Gasteiger partial charge in [-0.3, -0.25) is 4.55 Å². The van der Waals surface area contributed by atoms with Gasteiger partial charge in [0, 0.05) is 5.57 Å². The van der Waals surface area contributed by atoms with Gasteiger partial charge in [-0.2, -0.15) is 8.42 Å². The highest BCUT2D eigenvalue weighted by atomic mass is 32.2. The minimum atomic E-state index is -4.26. The lowest BCUT2D eigenvalue weighted by atomic mass is 10.3. The fraction of sp³-hybridized carbons (Fsp3) is 0.800. The summed E-state index contributed by atoms with van der Waals surface area (Å²) in [6, 6.07) is 0. The number of quaternary nitrogens is 1. The first-order valence-electron chi connectivity index (χ1n) is 7.87. The highest BCUT2D eigenvalue weighted by Gasteiger charge is 2.42. The maximum atomic E-state index is 11.8. The summed E-state index contributed by atoms with van der Waals surface area (Å²) in [5, 5.41) is -1.05. The molecule has 0 bridgehead atoms. The Morgan fingerprint density at radius 1 is 1.22 bits per heavy atom. The lowest BCUT2D eigenvalue weighted by Gasteiger charge is -2.41. The van der Waals surface area contributed by atoms with Crippen molar-refractivity contribution >= 4 is 16.1 Å². The quantitative estimate of drug-likeness (QED) is 0.189. The van der Waals surface area contributed by atoms with E-state index in [2.05, 4.69) is 6.58 Å². The fourth-order valence-electron chi connectivity index (χ4n) is 2.56. The number of ether oxygens (including phenoxy) is 2. The monoisotopic (exact) mass is 352 g/mol. The van der Waals surface area contributed by atoms with Crippen LogP contribution in [0.15, 0.2) is 12.2 Å². The van der Waals surface area contributed by atoms with Crippen LogP contribution in [0.25, 0.3) is 0 Å². The molecule has 8 heteroatoms. The van der Waals surface area contributed by atoms with Crippen molar-refractivity contribution < 1.29 is 31.7 Å². The van der Waals surface area contributed by atoms with E-state index in [-0.39, 0.29) is 29.9 Å². The summed E-state index contributed by atoms with van der Waals surface area (Å²) in [4.78, 5) is 11.2. The molecular formula is C15H30NO6S+. The Labute approximate surface area is 139 Å². The van der Waals surface area contributed by atoms with E-state index in [9.17, 15) is 17.8 Å². The van der Waals surface area contributed by atoms with Gasteiger partial charge in [-0.15, -0.1) is 0 Å². The molecule has 0 heterocycles. The third kappa shape index (κ3) is 6.99. The maximum Gasteiger partial charge on any atom is 0.333 e. The summed E-state index contributed by atoms with van der Waals surface area (Å²) in [7, 11) is -4.26. The minimum Gasteiger partial charge on any atom is -0.460 e. The lowest BCUT2D eigenvalue weighted by Crippen LogP contribution is -2.60. The van der Waals surface area contributed by atoms with Gasteiger partial charge in [0.15, 0.2) is 0 Å². The van der Waals surface area contributed by atoms with Gasteiger partial charge >= 0.3 is 16.1 Å². The van der Waals surface area contributed by atoms with Crippen LogP contribution < -0.4 is 0 Å². The molecule has 0 aromatic carbocycles. The molecule has 0 spiro atoms. The van der Waals surface area contributed by atoms with E-state index in [1.807, 2.05) is 20.8 Å². The zero-order valence-corrected chi connectivity index (χ0v) is 15.4. The third-order valence-corrected chi connectivity index (χ3v) is 5.22. The molecule has 0 saturated carbocycles. The molecule has 0 aliphatic carbocycles. The number of likely N-dealkylation sites (N-methyl/N-ethyl adjacent to an activating group) is 1. The Bertz CT molecular complexity index is 484. The third-order valence-electron chi connectivity index (χ3n) is 3.95. The Morgan fingerprint density at radius 2 is 1.78 bits per heavy atom. The summed E-state index contributed by atoms with van der Waals surface area (Å²) in [6.45, 7) is 12.5. The van der Waals surface area contributed by atoms with Crippen molar-refractivity contribution in [2.24, 2.45) is 0 Å². The average Bonchev–Trinajstić information content (AvgIpc) is 2.47. The number of nitrogens with zero attached hydrogens (tertiary/aromatic N) is 1. The van der Waals surface area contributed by atoms with Crippen LogP contribution in [0.4, 0.5) is 0 Å². The van der Waals surface area contributed by atoms with Crippen molar-refractivity contribution in [1.82, 2.24) is 0 Å². The van der Waals surface area contributed by atoms with Gasteiger partial charge in [0.05, 0.1) is 26.2 Å². The van der Waals surface area contributed by atoms with Crippen LogP contribution in [0.2, 0.25) is 0 Å². The van der Waals surface area contributed by atoms with Crippen LogP contribution in [0.3, 0.4) is 0 Å². The number of rotatable bonds is 12. The van der Waals surface area contributed by atoms with Crippen LogP contribution in [-0.4, -0.2) is 68.3 Å². The summed E-state index contributed by atoms with van der Waals surface area (Å²) in [5.41, 5.74) is 0.288. The molecule has 1 N–H and O–H groups in total. The Balaban J connectivity index is 4.77. The van der Waals surface area contributed by atoms with Gasteiger partial charge in [-0.25, -0.2) is 4.79 Å². The van der Waals surface area contributed by atoms with Crippen molar-refractivity contribution in [3.05, 3.63) is 12.2 Å². The molecule has 0 aliphatic rings. The van der Waals surface area contributed by atoms with Gasteiger partial charge < -0.3 is 14.0 Å². The molecule has 0 rings (SSSR count). The highest BCUT2D eigenvalue weighted by molar-refractivity contribution is 7.86. The van der Waals surface area contributed by atoms with Gasteiger partial charge in [0.2, 0.25) is 5.37 Å². The van der Waals surface area contributed by atoms with E-state index in [0.29, 0.717) is 19.6 Å². The molecule has 7 nitrogen and oxygen atoms in total. The molecule has 0 aromatic rings. The number of hydrogen-bond donors (Lipinski definition) is 1. The Kier molecular flexibility index (Phi) is 9.60. The second-order valence-corrected chi connectivity index (χ2v) is 7.11. The molecule has 136 valence electrons. The van der Waals surface area contributed by atoms with Crippen LogP contribution >= 0.6 is 0 Å². The first-order chi connectivity index (χ1) is 10.6. The van der Waals surface area contributed by atoms with Crippen molar-refractivity contribution in [2.75, 3.05) is 39.5 Å². The standard InChI is InChI=1S/C15H29NO6S/c1-6-9-16(7-2,8-3)14(23(18,19)20)12-21-10-11-22-15(17)13(4)5/h14H,4,6-12H2,1-3,5H3/p+1. The molecule has 0 amide bonds. The molecule has 0 radical (unpaired) electrons. The van der Waals surface area contributed by atoms with Crippen molar-refractivity contribution in [3.8, 4) is 0 Å². The smallest absolute Gasteiger partial charge is 0.333 e. The highest BCUT2D eigenvalue weighted by Crippen LogP contribution is 2.19. The second-order valence-electron chi connectivity index (χ2n) is 5.54. The second kappa shape index (κ2) is 10.0. The predicted molar refractivity (Wildman–Crippen MR) is 88.4 cm³/mol. The molecule has 0 saturated heterocycles. The molecule has 0 aromatic heterocycles. The SMILES string of the molecule is C=C(C)C(=O)OCCOCC([N+](CC)(CC)CCC)S(=O)(=O)O. The Morgan fingerprint density at radius 3 is 2.17 bits per heavy atom. The summed E-state index contributed by atoms with van der Waals surface area (Å²) < 4.78 is 43.6. The van der Waals surface area contributed by atoms with Crippen molar-refractivity contribution in [2.45, 2.75) is 39.5 Å². The van der Waals surface area contributed by atoms with E-state index in [4.69, 9.17) is 9.47 Å². The number of hydrogen-bond acceptors (Lipinski definition) is 5. The number of carbonyl (C=O) groups is 1. The number of carbonyl (C=O) groups excluding carboxylic acids is 1. The van der Waals surface area contributed by atoms with Gasteiger partial charge in [-0.05, 0) is 27.2 Å². The molecule has 23 heavy (non-hydrogen) atoms. The molecule has 0 aliphatic heterocycles. The summed E-state index contributed by atoms with van der Waals surface area (Å²) in [5.74, 6) is -0.516. The van der Waals surface area contributed by atoms with Gasteiger partial charge in [0.1, 0.15) is 13.2 Å². The maximum absolute atomic E-state index is 11.8. The van der Waals surface area contributed by atoms with Gasteiger partial charge in [-0.1, -0.05) is 13.5 Å². The van der Waals surface area contributed by atoms with Crippen LogP contribution in [0.1, 0.15) is 34.1 Å². The summed E-state index contributed by atoms with van der Waals surface area (Å²) >= 11 is 0. The van der Waals surface area contributed by atoms with Crippen molar-refractivity contribution in [1.29, 1.82) is 0 Å². The minimum absolute atomic E-state index is 0.00984. The zero-order chi connectivity index (χ0) is 18.1. The number of esters is 1. The predicted octanol–water partition coefficient (Wildman–Crippen LogP) is 1.60. The first kappa shape index (κ1) is 22.0. The van der Waals surface area contributed by atoms with Crippen molar-refractivity contribution in [3.63, 3.8) is 0 Å². The van der Waals surface area contributed by atoms with E-state index in [0.717, 1.165) is 6.42 Å². The van der Waals surface area contributed by atoms with E-state index in [1.165, 1.54) is 6.92 Å². The molecular weight excluding hydrogens is 322 g/mol. The first-order valence-corrected chi connectivity index (χ1v) is 9.37. The molecule has 1 unspecified atom stereocenters.